The lowest BCUT2D eigenvalue weighted by Gasteiger charge is -2.49. The predicted molar refractivity (Wildman–Crippen MR) is 293 cm³/mol. The Bertz CT molecular complexity index is 2340. The van der Waals surface area contributed by atoms with Crippen LogP contribution in [-0.2, 0) is 44.4 Å². The number of pyridine rings is 1. The normalized spacial score (nSPS) is 37.8. The topological polar surface area (TPSA) is 233 Å². The number of benzene rings is 1. The van der Waals surface area contributed by atoms with E-state index in [1.54, 1.807) is 73.5 Å². The number of methoxy groups -OCH3 is 2. The van der Waals surface area contributed by atoms with Crippen molar-refractivity contribution in [2.45, 2.75) is 209 Å². The summed E-state index contributed by atoms with van der Waals surface area (Å²) in [5.41, 5.74) is -1.27. The molecule has 3 fully saturated rings. The lowest BCUT2D eigenvalue weighted by atomic mass is 9.77. The highest BCUT2D eigenvalue weighted by Crippen LogP contribution is 2.41. The van der Waals surface area contributed by atoms with Crippen LogP contribution >= 0.6 is 11.8 Å². The fourth-order valence-corrected chi connectivity index (χ4v) is 12.4. The number of likely N-dealkylation sites (N-methyl/N-ethyl adjacent to an activating group) is 2. The van der Waals surface area contributed by atoms with Crippen molar-refractivity contribution in [2.24, 2.45) is 17.8 Å². The Labute approximate surface area is 465 Å². The van der Waals surface area contributed by atoms with Gasteiger partial charge in [0.1, 0.15) is 48.8 Å². The highest BCUT2D eigenvalue weighted by molar-refractivity contribution is 7.98. The Morgan fingerprint density at radius 3 is 2.23 bits per heavy atom. The van der Waals surface area contributed by atoms with Crippen molar-refractivity contribution in [2.75, 3.05) is 54.3 Å². The molecule has 2 aromatic heterocycles. The molecule has 3 aliphatic rings. The van der Waals surface area contributed by atoms with Crippen molar-refractivity contribution in [3.8, 4) is 11.1 Å². The van der Waals surface area contributed by atoms with Crippen molar-refractivity contribution in [1.29, 1.82) is 0 Å². The Hall–Kier alpha value is -3.26. The van der Waals surface area contributed by atoms with E-state index in [0.717, 1.165) is 21.7 Å². The minimum Gasteiger partial charge on any atom is -0.459 e. The first-order valence-electron chi connectivity index (χ1n) is 27.6. The highest BCUT2D eigenvalue weighted by Gasteiger charge is 2.53. The minimum absolute atomic E-state index is 0.0831. The predicted octanol–water partition coefficient (Wildman–Crippen LogP) is 5.79. The lowest BCUT2D eigenvalue weighted by molar-refractivity contribution is -0.318. The number of nitrogens with zero attached hydrogens (tertiary/aromatic N) is 6. The van der Waals surface area contributed by atoms with Crippen molar-refractivity contribution in [3.05, 3.63) is 60.0 Å². The van der Waals surface area contributed by atoms with Gasteiger partial charge in [0.15, 0.2) is 12.6 Å². The first-order chi connectivity index (χ1) is 36.7. The number of aliphatic hydroxyl groups is 5. The summed E-state index contributed by atoms with van der Waals surface area (Å²) in [7, 11) is 6.76. The van der Waals surface area contributed by atoms with Gasteiger partial charge < -0.3 is 68.5 Å². The third-order valence-electron chi connectivity index (χ3n) is 17.0. The van der Waals surface area contributed by atoms with Gasteiger partial charge in [-0.2, -0.15) is 0 Å². The molecule has 5 heterocycles. The number of hydrogen-bond acceptors (Lipinski definition) is 19. The second kappa shape index (κ2) is 27.2. The number of carbonyl (C=O) groups excluding carboxylic acids is 1. The molecule has 21 heteroatoms. The molecule has 440 valence electrons. The summed E-state index contributed by atoms with van der Waals surface area (Å²) in [6, 6.07) is 9.89. The van der Waals surface area contributed by atoms with Crippen LogP contribution in [0, 0.1) is 17.8 Å². The van der Waals surface area contributed by atoms with Gasteiger partial charge >= 0.3 is 5.97 Å². The number of esters is 1. The summed E-state index contributed by atoms with van der Waals surface area (Å²) in [6.07, 6.45) is -4.20. The Balaban J connectivity index is 1.24. The number of aliphatic hydroxyl groups excluding tert-OH is 3. The molecule has 78 heavy (non-hydrogen) atoms. The largest absolute Gasteiger partial charge is 0.459 e. The molecule has 3 aromatic rings. The molecule has 3 saturated heterocycles. The Kier molecular flexibility index (Phi) is 22.3. The number of cyclic esters (lactones) is 1. The van der Waals surface area contributed by atoms with Crippen LogP contribution in [0.25, 0.3) is 11.1 Å². The van der Waals surface area contributed by atoms with Crippen LogP contribution in [0.5, 0.6) is 0 Å². The van der Waals surface area contributed by atoms with E-state index in [1.165, 1.54) is 18.7 Å². The average molecular weight is 1120 g/mol. The van der Waals surface area contributed by atoms with Gasteiger partial charge in [-0.3, -0.25) is 4.79 Å². The van der Waals surface area contributed by atoms with Gasteiger partial charge in [0.25, 0.3) is 0 Å². The van der Waals surface area contributed by atoms with Gasteiger partial charge in [0.2, 0.25) is 0 Å². The van der Waals surface area contributed by atoms with Crippen LogP contribution in [0.3, 0.4) is 0 Å². The Morgan fingerprint density at radius 1 is 0.949 bits per heavy atom. The van der Waals surface area contributed by atoms with Gasteiger partial charge in [-0.15, -0.1) is 16.9 Å². The summed E-state index contributed by atoms with van der Waals surface area (Å²) in [5, 5.41) is 69.7. The molecule has 0 radical (unpaired) electrons. The van der Waals surface area contributed by atoms with Crippen LogP contribution in [0.15, 0.2) is 53.8 Å². The summed E-state index contributed by atoms with van der Waals surface area (Å²) in [4.78, 5) is 22.9. The Morgan fingerprint density at radius 2 is 1.63 bits per heavy atom. The SMILES string of the molecule is CC[C@H]1OC(=O)[C@H](C)[C@@H](O[C@H]2C[C@@](C)(OC)[C@@H](O)[C@H](C)O2)[C@H](C)[C@@H](O[C@@H]2O[C@H](C)C[C@H](N(C)CCc3cn([C@@H](CF)[C@H](OC)c4ccc(-c5ccc(SC)nc5)cc4)nn3)[C@H]2O)[C@](C)(O)C[C@@H](C)CN(C)[C@H](C)[C@@H](O)[C@]1(C)O. The third-order valence-corrected chi connectivity index (χ3v) is 17.7. The van der Waals surface area contributed by atoms with E-state index in [0.29, 0.717) is 31.6 Å². The van der Waals surface area contributed by atoms with Crippen LogP contribution in [0.1, 0.15) is 118 Å². The third kappa shape index (κ3) is 14.7. The van der Waals surface area contributed by atoms with E-state index in [4.69, 9.17) is 33.2 Å². The number of halogens is 1. The summed E-state index contributed by atoms with van der Waals surface area (Å²) in [5.74, 6) is -2.88. The van der Waals surface area contributed by atoms with Crippen molar-refractivity contribution < 1.29 is 67.9 Å². The number of rotatable bonds is 17. The van der Waals surface area contributed by atoms with Gasteiger partial charge in [0, 0.05) is 76.1 Å². The van der Waals surface area contributed by atoms with E-state index in [9.17, 15) is 34.7 Å². The average Bonchev–Trinajstić information content (AvgIpc) is 3.89. The van der Waals surface area contributed by atoms with Crippen molar-refractivity contribution >= 4 is 17.7 Å². The summed E-state index contributed by atoms with van der Waals surface area (Å²) in [6.45, 7) is 17.5. The standard InChI is InChI=1S/C57H91FN6O13S/c1-16-44-57(10,70)50(66)36(6)63(12)30-32(2)26-55(8,69)52(34(4)48(35(5)53(68)75-44)76-46-27-56(9,72-14)51(67)37(7)74-46)77-54-47(65)42(25-33(3)73-54)62(11)24-23-41-31-64(61-60-41)43(28-58)49(71-13)39-19-17-38(18-20-39)40-21-22-45(78-15)59-29-40/h17-22,29,31-37,42-44,46-52,54,65-67,69-70H,16,23-28,30H2,1-15H3/t32-,33-,34+,35-,36-,37+,42+,43+,44-,46+,47-,48+,49-,50-,51+,52-,54+,55-,56-,57-/m1/s1. The van der Waals surface area contributed by atoms with E-state index < -0.39 is 127 Å². The maximum atomic E-state index is 15.0. The molecule has 0 bridgehead atoms. The maximum Gasteiger partial charge on any atom is 0.311 e. The van der Waals surface area contributed by atoms with Crippen LogP contribution < -0.4 is 0 Å². The number of hydrogen-bond donors (Lipinski definition) is 5. The molecular weight excluding hydrogens is 1030 g/mol. The second-order valence-corrected chi connectivity index (χ2v) is 24.0. The molecule has 0 saturated carbocycles. The molecule has 0 spiro atoms. The molecule has 5 N–H and O–H groups in total. The van der Waals surface area contributed by atoms with E-state index in [1.807, 2.05) is 86.6 Å². The maximum absolute atomic E-state index is 15.0. The number of thioether (sulfide) groups is 1. The first-order valence-corrected chi connectivity index (χ1v) is 28.8. The minimum atomic E-state index is -1.85. The molecule has 6 rings (SSSR count). The second-order valence-electron chi connectivity index (χ2n) is 23.2. The number of aromatic nitrogens is 4. The summed E-state index contributed by atoms with van der Waals surface area (Å²) < 4.78 is 60.8. The molecule has 0 aliphatic carbocycles. The molecule has 19 nitrogen and oxygen atoms in total. The number of ether oxygens (including phenoxy) is 7. The monoisotopic (exact) mass is 1120 g/mol. The van der Waals surface area contributed by atoms with E-state index in [2.05, 4.69) is 15.3 Å². The molecule has 3 aliphatic heterocycles. The van der Waals surface area contributed by atoms with Crippen LogP contribution in [0.2, 0.25) is 0 Å². The first kappa shape index (κ1) is 63.9. The highest BCUT2D eigenvalue weighted by atomic mass is 32.2. The molecule has 1 aromatic carbocycles. The van der Waals surface area contributed by atoms with Gasteiger partial charge in [-0.25, -0.2) is 14.1 Å². The molecular formula is C57H91FN6O13S. The van der Waals surface area contributed by atoms with Crippen molar-refractivity contribution in [3.63, 3.8) is 0 Å². The number of carbonyl (C=O) groups is 1. The van der Waals surface area contributed by atoms with Crippen LogP contribution in [0.4, 0.5) is 4.39 Å². The summed E-state index contributed by atoms with van der Waals surface area (Å²) >= 11 is 1.57. The quantitative estimate of drug-likeness (QED) is 0.0796. The fourth-order valence-electron chi connectivity index (χ4n) is 12.1. The molecule has 20 atom stereocenters. The zero-order valence-electron chi connectivity index (χ0n) is 48.6. The number of alkyl halides is 1. The van der Waals surface area contributed by atoms with E-state index in [-0.39, 0.29) is 25.2 Å². The smallest absolute Gasteiger partial charge is 0.311 e. The fraction of sp³-hybridized carbons (Fsp3) is 0.754. The van der Waals surface area contributed by atoms with Gasteiger partial charge in [-0.1, -0.05) is 56.3 Å². The van der Waals surface area contributed by atoms with E-state index >= 15 is 0 Å². The molecule has 0 unspecified atom stereocenters. The van der Waals surface area contributed by atoms with Gasteiger partial charge in [-0.05, 0) is 111 Å². The van der Waals surface area contributed by atoms with Crippen LogP contribution in [-0.4, -0.2) is 206 Å². The lowest BCUT2D eigenvalue weighted by Crippen LogP contribution is -2.61. The zero-order chi connectivity index (χ0) is 57.6. The zero-order valence-corrected chi connectivity index (χ0v) is 49.4. The molecule has 0 amide bonds. The van der Waals surface area contributed by atoms with Crippen molar-refractivity contribution in [1.82, 2.24) is 29.8 Å². The van der Waals surface area contributed by atoms with Gasteiger partial charge in [0.05, 0.1) is 52.3 Å².